The molecule has 4 heterocycles. The van der Waals surface area contributed by atoms with Crippen molar-refractivity contribution >= 4 is 34.2 Å². The molecule has 196 valence electrons. The van der Waals surface area contributed by atoms with Crippen LogP contribution in [0.15, 0.2) is 73.2 Å². The van der Waals surface area contributed by atoms with Crippen molar-refractivity contribution in [2.24, 2.45) is 7.05 Å². The number of pyridine rings is 1. The van der Waals surface area contributed by atoms with Crippen molar-refractivity contribution in [2.45, 2.75) is 12.8 Å². The Hall–Kier alpha value is -5.49. The van der Waals surface area contributed by atoms with Crippen molar-refractivity contribution in [2.75, 3.05) is 17.6 Å². The number of hydrogen-bond acceptors (Lipinski definition) is 6. The molecule has 3 aromatic heterocycles. The molecular weight excluding hydrogens is 502 g/mol. The Morgan fingerprint density at radius 3 is 2.88 bits per heavy atom. The molecule has 2 aromatic carbocycles. The van der Waals surface area contributed by atoms with E-state index in [9.17, 15) is 9.59 Å². The lowest BCUT2D eigenvalue weighted by Crippen LogP contribution is -2.31. The summed E-state index contributed by atoms with van der Waals surface area (Å²) < 4.78 is 1.96. The first kappa shape index (κ1) is 24.8. The maximum absolute atomic E-state index is 12.9. The number of aromatic nitrogens is 4. The second-order valence-electron chi connectivity index (χ2n) is 9.52. The predicted octanol–water partition coefficient (Wildman–Crippen LogP) is 3.48. The van der Waals surface area contributed by atoms with Gasteiger partial charge in [-0.05, 0) is 35.9 Å². The largest absolute Gasteiger partial charge is 0.368 e. The topological polar surface area (TPSA) is 128 Å². The molecule has 0 spiro atoms. The first-order chi connectivity index (χ1) is 19.5. The first-order valence-electron chi connectivity index (χ1n) is 12.8. The highest BCUT2D eigenvalue weighted by Gasteiger charge is 2.24. The van der Waals surface area contributed by atoms with Crippen LogP contribution in [0.5, 0.6) is 0 Å². The fourth-order valence-electron chi connectivity index (χ4n) is 4.95. The number of fused-ring (bicyclic) bond motifs is 2. The third-order valence-electron chi connectivity index (χ3n) is 6.89. The van der Waals surface area contributed by atoms with Crippen LogP contribution in [-0.4, -0.2) is 37.9 Å². The number of nitrogens with two attached hydrogens (primary N) is 1. The molecule has 0 bridgehead atoms. The number of carbonyl (C=O) groups excluding carboxylic acids is 2. The van der Waals surface area contributed by atoms with Crippen LogP contribution in [0.2, 0.25) is 0 Å². The highest BCUT2D eigenvalue weighted by atomic mass is 16.2. The van der Waals surface area contributed by atoms with Crippen LogP contribution in [0.3, 0.4) is 0 Å². The van der Waals surface area contributed by atoms with E-state index in [1.165, 1.54) is 0 Å². The Bertz CT molecular complexity index is 1860. The van der Waals surface area contributed by atoms with Gasteiger partial charge in [-0.1, -0.05) is 36.1 Å². The van der Waals surface area contributed by atoms with Crippen molar-refractivity contribution in [1.29, 1.82) is 0 Å². The minimum atomic E-state index is -0.125. The SMILES string of the molecule is Cn1c(-c2nc(N)ncc2C#Cc2cccc(CC(=O)Nc3cccc4cnccc34)c2)cc2c1CCNC2=O. The van der Waals surface area contributed by atoms with Crippen molar-refractivity contribution in [3.8, 4) is 23.2 Å². The second-order valence-corrected chi connectivity index (χ2v) is 9.52. The zero-order valence-electron chi connectivity index (χ0n) is 21.7. The number of hydrogen-bond donors (Lipinski definition) is 3. The molecule has 5 aromatic rings. The van der Waals surface area contributed by atoms with Crippen LogP contribution < -0.4 is 16.4 Å². The Morgan fingerprint density at radius 1 is 1.12 bits per heavy atom. The minimum Gasteiger partial charge on any atom is -0.368 e. The van der Waals surface area contributed by atoms with Crippen LogP contribution in [0.25, 0.3) is 22.2 Å². The van der Waals surface area contributed by atoms with E-state index in [0.29, 0.717) is 23.4 Å². The monoisotopic (exact) mass is 527 g/mol. The fraction of sp³-hybridized carbons (Fsp3) is 0.129. The van der Waals surface area contributed by atoms with Crippen molar-refractivity contribution in [3.63, 3.8) is 0 Å². The van der Waals surface area contributed by atoms with Gasteiger partial charge in [-0.2, -0.15) is 0 Å². The molecule has 40 heavy (non-hydrogen) atoms. The Labute approximate surface area is 230 Å². The number of nitrogens with one attached hydrogen (secondary N) is 2. The highest BCUT2D eigenvalue weighted by Crippen LogP contribution is 2.28. The number of nitrogens with zero attached hydrogens (tertiary/aromatic N) is 4. The van der Waals surface area contributed by atoms with Crippen LogP contribution in [0, 0.1) is 11.8 Å². The van der Waals surface area contributed by atoms with Gasteiger partial charge >= 0.3 is 0 Å². The normalized spacial score (nSPS) is 12.3. The Kier molecular flexibility index (Phi) is 6.42. The molecular formula is C31H25N7O2. The summed E-state index contributed by atoms with van der Waals surface area (Å²) >= 11 is 0. The molecule has 9 heteroatoms. The van der Waals surface area contributed by atoms with E-state index in [-0.39, 0.29) is 24.2 Å². The van der Waals surface area contributed by atoms with Gasteiger partial charge in [0.05, 0.1) is 23.2 Å². The Balaban J connectivity index is 1.25. The van der Waals surface area contributed by atoms with Crippen molar-refractivity contribution < 1.29 is 9.59 Å². The van der Waals surface area contributed by atoms with E-state index < -0.39 is 0 Å². The Morgan fingerprint density at radius 2 is 2.00 bits per heavy atom. The predicted molar refractivity (Wildman–Crippen MR) is 153 cm³/mol. The lowest BCUT2D eigenvalue weighted by Gasteiger charge is -2.14. The summed E-state index contributed by atoms with van der Waals surface area (Å²) in [5, 5.41) is 7.78. The third-order valence-corrected chi connectivity index (χ3v) is 6.89. The summed E-state index contributed by atoms with van der Waals surface area (Å²) in [4.78, 5) is 38.0. The zero-order chi connectivity index (χ0) is 27.6. The fourth-order valence-corrected chi connectivity index (χ4v) is 4.95. The highest BCUT2D eigenvalue weighted by molar-refractivity contribution is 6.02. The van der Waals surface area contributed by atoms with Crippen molar-refractivity contribution in [1.82, 2.24) is 24.8 Å². The third kappa shape index (κ3) is 4.86. The molecule has 2 amide bonds. The van der Waals surface area contributed by atoms with Gasteiger partial charge in [0.2, 0.25) is 11.9 Å². The minimum absolute atomic E-state index is 0.101. The van der Waals surface area contributed by atoms with Gasteiger partial charge in [-0.3, -0.25) is 14.6 Å². The van der Waals surface area contributed by atoms with E-state index in [1.807, 2.05) is 66.2 Å². The molecule has 1 aliphatic rings. The summed E-state index contributed by atoms with van der Waals surface area (Å²) in [6.45, 7) is 0.593. The molecule has 0 saturated carbocycles. The maximum atomic E-state index is 12.9. The number of benzene rings is 2. The van der Waals surface area contributed by atoms with Gasteiger partial charge in [0, 0.05) is 66.3 Å². The molecule has 0 unspecified atom stereocenters. The lowest BCUT2D eigenvalue weighted by atomic mass is 10.1. The summed E-state index contributed by atoms with van der Waals surface area (Å²) in [7, 11) is 1.91. The van der Waals surface area contributed by atoms with Gasteiger partial charge in [-0.15, -0.1) is 0 Å². The summed E-state index contributed by atoms with van der Waals surface area (Å²) in [5.74, 6) is 6.23. The van der Waals surface area contributed by atoms with Crippen LogP contribution in [0.4, 0.5) is 11.6 Å². The van der Waals surface area contributed by atoms with E-state index in [2.05, 4.69) is 37.4 Å². The molecule has 0 atom stereocenters. The van der Waals surface area contributed by atoms with Gasteiger partial charge in [0.1, 0.15) is 5.69 Å². The lowest BCUT2D eigenvalue weighted by molar-refractivity contribution is -0.115. The van der Waals surface area contributed by atoms with Crippen LogP contribution in [0.1, 0.15) is 32.7 Å². The van der Waals surface area contributed by atoms with Gasteiger partial charge in [0.15, 0.2) is 0 Å². The van der Waals surface area contributed by atoms with Crippen LogP contribution >= 0.6 is 0 Å². The molecule has 4 N–H and O–H groups in total. The second kappa shape index (κ2) is 10.3. The maximum Gasteiger partial charge on any atom is 0.253 e. The number of nitrogen functional groups attached to an aromatic ring is 1. The van der Waals surface area contributed by atoms with Crippen molar-refractivity contribution in [3.05, 3.63) is 101 Å². The molecule has 6 rings (SSSR count). The molecule has 1 aliphatic heterocycles. The van der Waals surface area contributed by atoms with E-state index in [4.69, 9.17) is 5.73 Å². The summed E-state index contributed by atoms with van der Waals surface area (Å²) in [6, 6.07) is 17.0. The first-order valence-corrected chi connectivity index (χ1v) is 12.8. The molecule has 9 nitrogen and oxygen atoms in total. The average molecular weight is 528 g/mol. The summed E-state index contributed by atoms with van der Waals surface area (Å²) in [6.07, 6.45) is 6.00. The molecule has 0 fully saturated rings. The summed E-state index contributed by atoms with van der Waals surface area (Å²) in [5.41, 5.74) is 11.7. The van der Waals surface area contributed by atoms with Gasteiger partial charge in [0.25, 0.3) is 5.91 Å². The zero-order valence-corrected chi connectivity index (χ0v) is 21.7. The number of anilines is 2. The smallest absolute Gasteiger partial charge is 0.253 e. The van der Waals surface area contributed by atoms with Gasteiger partial charge in [-0.25, -0.2) is 9.97 Å². The van der Waals surface area contributed by atoms with Gasteiger partial charge < -0.3 is 20.9 Å². The molecule has 0 radical (unpaired) electrons. The van der Waals surface area contributed by atoms with E-state index >= 15 is 0 Å². The van der Waals surface area contributed by atoms with E-state index in [0.717, 1.165) is 45.4 Å². The molecule has 0 saturated heterocycles. The number of amides is 2. The average Bonchev–Trinajstić information content (AvgIpc) is 3.30. The number of rotatable bonds is 4. The van der Waals surface area contributed by atoms with Crippen LogP contribution in [-0.2, 0) is 24.7 Å². The van der Waals surface area contributed by atoms with E-state index in [1.54, 1.807) is 18.6 Å². The standard InChI is InChI=1S/C31H25N7O2/c1-38-26-11-13-34-30(40)24(26)16-27(38)29-22(18-35-31(32)37-29)9-8-19-4-2-5-20(14-19)15-28(39)36-25-7-3-6-21-17-33-12-10-23(21)25/h2-7,10,12,14,16-18H,11,13,15H2,1H3,(H,34,40)(H,36,39)(H2,32,35,37). The number of carbonyl (C=O) groups is 2. The molecule has 0 aliphatic carbocycles. The quantitative estimate of drug-likeness (QED) is 0.307.